The van der Waals surface area contributed by atoms with Crippen LogP contribution < -0.4 is 9.47 Å². The third kappa shape index (κ3) is 11.9. The molecule has 0 amide bonds. The van der Waals surface area contributed by atoms with Gasteiger partial charge in [-0.2, -0.15) is 9.15 Å². The standard InChI is InChI=1S/C53H53N3O14S2/c1-34(41-10-6-7-11-44(41)56(61)62)70-40-19-12-36(13-20-40)33-69-47-23-14-35(15-24-48-52(2,3)42-31-38(50(57)58)16-21-45(42)54(48)26-8-28-71(63,64)65)30-37(47)18-25-49-53(4,5)43-32-39(51(59)60)17-22-46(43)55(49)27-9-29-72(66,67)68/h6-7,10-25,30-32,34H,8-9,26-29,33H2,1-5H3,(H2-2,57,58,59,60,63,64,65,66,67,68)/b24-15+,25-18+. The zero-order valence-corrected chi connectivity index (χ0v) is 41.7. The first-order valence-electron chi connectivity index (χ1n) is 22.9. The van der Waals surface area contributed by atoms with Crippen LogP contribution in [0.3, 0.4) is 0 Å². The number of rotatable bonds is 21. The molecule has 19 heteroatoms. The molecule has 0 aliphatic carbocycles. The van der Waals surface area contributed by atoms with Crippen LogP contribution in [0.5, 0.6) is 11.5 Å². The van der Waals surface area contributed by atoms with Crippen molar-refractivity contribution in [2.75, 3.05) is 24.6 Å². The number of carboxylic acids is 2. The minimum atomic E-state index is -4.53. The lowest BCUT2D eigenvalue weighted by molar-refractivity contribution is -0.437. The third-order valence-electron chi connectivity index (χ3n) is 12.9. The van der Waals surface area contributed by atoms with Gasteiger partial charge < -0.3 is 28.8 Å². The van der Waals surface area contributed by atoms with Crippen LogP contribution in [0.1, 0.15) is 108 Å². The van der Waals surface area contributed by atoms with Gasteiger partial charge in [-0.3, -0.25) is 10.1 Å². The molecule has 376 valence electrons. The summed E-state index contributed by atoms with van der Waals surface area (Å²) in [4.78, 5) is 35.3. The van der Waals surface area contributed by atoms with Gasteiger partial charge in [0.25, 0.3) is 5.69 Å². The summed E-state index contributed by atoms with van der Waals surface area (Å²) < 4.78 is 86.1. The summed E-state index contributed by atoms with van der Waals surface area (Å²) in [5.74, 6) is -2.47. The molecule has 2 N–H and O–H groups in total. The quantitative estimate of drug-likeness (QED) is 0.0302. The molecule has 2 aliphatic rings. The molecule has 1 atom stereocenters. The number of carbonyl (C=O) groups is 2. The zero-order chi connectivity index (χ0) is 52.3. The number of fused-ring (bicyclic) bond motifs is 2. The first-order chi connectivity index (χ1) is 33.8. The lowest BCUT2D eigenvalue weighted by Gasteiger charge is -2.17. The van der Waals surface area contributed by atoms with E-state index in [2.05, 4.69) is 0 Å². The van der Waals surface area contributed by atoms with Crippen molar-refractivity contribution in [2.45, 2.75) is 71.0 Å². The fourth-order valence-corrected chi connectivity index (χ4v) is 10.2. The van der Waals surface area contributed by atoms with E-state index in [1.54, 1.807) is 67.6 Å². The summed E-state index contributed by atoms with van der Waals surface area (Å²) in [6.45, 7) is 9.83. The van der Waals surface area contributed by atoms with E-state index in [4.69, 9.17) is 9.47 Å². The molecule has 1 unspecified atom stereocenters. The smallest absolute Gasteiger partial charge is 0.335 e. The van der Waals surface area contributed by atoms with E-state index in [1.807, 2.05) is 85.4 Å². The fraction of sp³-hybridized carbons (Fsp3) is 0.283. The molecule has 2 heterocycles. The molecule has 7 rings (SSSR count). The van der Waals surface area contributed by atoms with Gasteiger partial charge in [-0.1, -0.05) is 30.3 Å². The van der Waals surface area contributed by atoms with Crippen LogP contribution >= 0.6 is 0 Å². The molecular weight excluding hydrogens is 967 g/mol. The van der Waals surface area contributed by atoms with Gasteiger partial charge in [-0.05, 0) is 112 Å². The number of hydrogen-bond donors (Lipinski definition) is 2. The molecule has 2 aliphatic heterocycles. The molecular formula is C53H53N3O14S2. The summed E-state index contributed by atoms with van der Waals surface area (Å²) in [5, 5.41) is 31.3. The topological polar surface area (TPSA) is 257 Å². The average molecular weight is 1020 g/mol. The molecule has 0 spiro atoms. The van der Waals surface area contributed by atoms with Crippen molar-refractivity contribution < 1.29 is 69.3 Å². The number of ether oxygens (including phenoxy) is 2. The Bertz CT molecular complexity index is 3340. The van der Waals surface area contributed by atoms with Crippen molar-refractivity contribution in [2.24, 2.45) is 0 Å². The third-order valence-corrected chi connectivity index (χ3v) is 14.5. The van der Waals surface area contributed by atoms with Crippen molar-refractivity contribution >= 4 is 72.8 Å². The monoisotopic (exact) mass is 1020 g/mol. The van der Waals surface area contributed by atoms with Crippen LogP contribution in [0.2, 0.25) is 0 Å². The first kappa shape index (κ1) is 52.5. The van der Waals surface area contributed by atoms with E-state index in [0.29, 0.717) is 56.4 Å². The largest absolute Gasteiger partial charge is 0.748 e. The molecule has 17 nitrogen and oxygen atoms in total. The lowest BCUT2D eigenvalue weighted by atomic mass is 9.80. The molecule has 5 aromatic rings. The Kier molecular flexibility index (Phi) is 15.2. The number of allylic oxidation sites excluding steroid dienone is 2. The van der Waals surface area contributed by atoms with Crippen LogP contribution in [0.15, 0.2) is 115 Å². The maximum absolute atomic E-state index is 12.1. The zero-order valence-electron chi connectivity index (χ0n) is 40.1. The van der Waals surface area contributed by atoms with E-state index in [-0.39, 0.29) is 49.4 Å². The molecule has 0 bridgehead atoms. The normalized spacial score (nSPS) is 15.5. The number of nitrogens with zero attached hydrogens (tertiary/aromatic N) is 3. The summed E-state index contributed by atoms with van der Waals surface area (Å²) in [7, 11) is -9.04. The van der Waals surface area contributed by atoms with Crippen molar-refractivity contribution in [3.05, 3.63) is 170 Å². The molecule has 0 radical (unpaired) electrons. The predicted octanol–water partition coefficient (Wildman–Crippen LogP) is 8.76. The van der Waals surface area contributed by atoms with E-state index in [9.17, 15) is 55.9 Å². The predicted molar refractivity (Wildman–Crippen MR) is 268 cm³/mol. The highest BCUT2D eigenvalue weighted by atomic mass is 32.2. The Labute approximate surface area is 417 Å². The van der Waals surface area contributed by atoms with E-state index in [0.717, 1.165) is 11.3 Å². The van der Waals surface area contributed by atoms with Crippen LogP contribution in [-0.2, 0) is 37.7 Å². The minimum absolute atomic E-state index is 0.00330. The second-order valence-electron chi connectivity index (χ2n) is 18.6. The van der Waals surface area contributed by atoms with E-state index >= 15 is 0 Å². The number of benzene rings is 5. The van der Waals surface area contributed by atoms with Crippen LogP contribution in [-0.4, -0.2) is 98.2 Å². The molecule has 0 aromatic heterocycles. The number of nitro benzene ring substituents is 1. The van der Waals surface area contributed by atoms with Gasteiger partial charge >= 0.3 is 11.9 Å². The van der Waals surface area contributed by atoms with Crippen LogP contribution in [0.4, 0.5) is 17.1 Å². The summed E-state index contributed by atoms with van der Waals surface area (Å²) in [6, 6.07) is 28.4. The maximum atomic E-state index is 12.1. The summed E-state index contributed by atoms with van der Waals surface area (Å²) >= 11 is 0. The van der Waals surface area contributed by atoms with Gasteiger partial charge in [0.05, 0.1) is 52.7 Å². The van der Waals surface area contributed by atoms with E-state index in [1.165, 1.54) is 18.2 Å². The maximum Gasteiger partial charge on any atom is 0.335 e. The van der Waals surface area contributed by atoms with Gasteiger partial charge in [0.1, 0.15) is 37.3 Å². The lowest BCUT2D eigenvalue weighted by Crippen LogP contribution is -2.28. The van der Waals surface area contributed by atoms with Gasteiger partial charge in [0.2, 0.25) is 11.4 Å². The highest BCUT2D eigenvalue weighted by Gasteiger charge is 2.46. The second-order valence-corrected chi connectivity index (χ2v) is 21.6. The Hall–Kier alpha value is -7.32. The van der Waals surface area contributed by atoms with Gasteiger partial charge in [-0.25, -0.2) is 26.4 Å². The summed E-state index contributed by atoms with van der Waals surface area (Å²) in [6.07, 6.45) is 6.81. The fourth-order valence-electron chi connectivity index (χ4n) is 9.26. The number of nitro groups is 1. The SMILES string of the molecule is CC(Oc1ccc(COc2ccc(/C=C/C3=[N+](CCCS(=O)(=O)[O-])c4ccc(C(=O)O)cc4C3(C)C)cc2/C=C/C2=[N+](CCCS(=O)(=O)[O-])c3ccc(C(=O)O)cc3C2(C)C)cc1)c1ccccc1[N+](=O)[O-]. The number of carboxylic acid groups (broad SMARTS) is 2. The highest BCUT2D eigenvalue weighted by molar-refractivity contribution is 7.85. The molecule has 5 aromatic carbocycles. The Morgan fingerprint density at radius 2 is 1.21 bits per heavy atom. The van der Waals surface area contributed by atoms with Gasteiger partial charge in [0, 0.05) is 71.4 Å². The summed E-state index contributed by atoms with van der Waals surface area (Å²) in [5.41, 5.74) is 5.20. The number of para-hydroxylation sites is 1. The Morgan fingerprint density at radius 1 is 0.694 bits per heavy atom. The molecule has 0 fully saturated rings. The van der Waals surface area contributed by atoms with Crippen molar-refractivity contribution in [1.29, 1.82) is 0 Å². The second kappa shape index (κ2) is 20.8. The van der Waals surface area contributed by atoms with Crippen molar-refractivity contribution in [1.82, 2.24) is 0 Å². The Morgan fingerprint density at radius 3 is 1.71 bits per heavy atom. The highest BCUT2D eigenvalue weighted by Crippen LogP contribution is 2.43. The van der Waals surface area contributed by atoms with Gasteiger partial charge in [0.15, 0.2) is 11.4 Å². The van der Waals surface area contributed by atoms with Crippen LogP contribution in [0, 0.1) is 10.1 Å². The Balaban J connectivity index is 1.26. The molecule has 0 saturated carbocycles. The first-order valence-corrected chi connectivity index (χ1v) is 26.0. The average Bonchev–Trinajstić information content (AvgIpc) is 3.66. The minimum Gasteiger partial charge on any atom is -0.748 e. The molecule has 72 heavy (non-hydrogen) atoms. The van der Waals surface area contributed by atoms with Crippen LogP contribution in [0.25, 0.3) is 12.2 Å². The number of aromatic carboxylic acids is 2. The van der Waals surface area contributed by atoms with E-state index < -0.39 is 65.5 Å². The number of hydrogen-bond acceptors (Lipinski definition) is 12. The van der Waals surface area contributed by atoms with Gasteiger partial charge in [-0.15, -0.1) is 0 Å². The van der Waals surface area contributed by atoms with Crippen molar-refractivity contribution in [3.8, 4) is 11.5 Å². The molecule has 0 saturated heterocycles. The van der Waals surface area contributed by atoms with Crippen molar-refractivity contribution in [3.63, 3.8) is 0 Å².